The van der Waals surface area contributed by atoms with Crippen molar-refractivity contribution in [1.82, 2.24) is 4.57 Å². The van der Waals surface area contributed by atoms with Crippen LogP contribution < -0.4 is 10.3 Å². The number of ether oxygens (including phenoxy) is 1. The number of hydrogen-bond acceptors (Lipinski definition) is 5. The summed E-state index contributed by atoms with van der Waals surface area (Å²) in [5.41, 5.74) is 0.890. The molecule has 1 N–H and O–H groups in total. The molecule has 0 aliphatic carbocycles. The first kappa shape index (κ1) is 34.5. The standard InChI is InChI=1S/C37H51FN2O5/c1-3-4-5-6-7-8-9-10-11-12-13-14-15-16-17-18-33(41)45-28-21-23-39(24-22-28)35-29-20-19-27(2)40-26-31(37(43)44)36(42)30(34(29)40)25-32(35)38/h7-8,10-11,25-28H,3-6,9,12-24H2,1-2H3,(H,43,44)/b8-7+,11-10+. The zero-order valence-corrected chi connectivity index (χ0v) is 27.2. The largest absolute Gasteiger partial charge is 0.477 e. The monoisotopic (exact) mass is 622 g/mol. The van der Waals surface area contributed by atoms with E-state index < -0.39 is 17.2 Å². The molecule has 2 aliphatic rings. The molecule has 1 fully saturated rings. The molecule has 1 unspecified atom stereocenters. The fraction of sp³-hybridized carbons (Fsp3) is 0.595. The van der Waals surface area contributed by atoms with E-state index in [4.69, 9.17) is 4.74 Å². The molecule has 1 aromatic carbocycles. The van der Waals surface area contributed by atoms with Gasteiger partial charge in [0.25, 0.3) is 0 Å². The van der Waals surface area contributed by atoms with Gasteiger partial charge < -0.3 is 19.3 Å². The number of rotatable bonds is 17. The van der Waals surface area contributed by atoms with E-state index >= 15 is 4.39 Å². The molecule has 1 atom stereocenters. The lowest BCUT2D eigenvalue weighted by Gasteiger charge is -2.36. The molecular formula is C37H51FN2O5. The molecule has 1 saturated heterocycles. The summed E-state index contributed by atoms with van der Waals surface area (Å²) >= 11 is 0. The average Bonchev–Trinajstić information content (AvgIpc) is 3.02. The third-order valence-electron chi connectivity index (χ3n) is 9.24. The van der Waals surface area contributed by atoms with Crippen LogP contribution in [0, 0.1) is 5.82 Å². The number of allylic oxidation sites excluding steroid dienone is 4. The van der Waals surface area contributed by atoms with Crippen LogP contribution >= 0.6 is 0 Å². The molecule has 0 amide bonds. The molecule has 0 spiro atoms. The molecule has 45 heavy (non-hydrogen) atoms. The molecule has 2 aliphatic heterocycles. The van der Waals surface area contributed by atoms with Gasteiger partial charge in [-0.25, -0.2) is 9.18 Å². The molecule has 3 heterocycles. The molecule has 7 nitrogen and oxygen atoms in total. The van der Waals surface area contributed by atoms with Crippen LogP contribution in [0.2, 0.25) is 0 Å². The van der Waals surface area contributed by atoms with Gasteiger partial charge in [0.15, 0.2) is 0 Å². The number of hydrogen-bond donors (Lipinski definition) is 1. The normalized spacial score (nSPS) is 17.1. The predicted molar refractivity (Wildman–Crippen MR) is 179 cm³/mol. The Hall–Kier alpha value is -3.42. The number of aryl methyl sites for hydroxylation is 1. The Kier molecular flexibility index (Phi) is 13.3. The van der Waals surface area contributed by atoms with E-state index in [9.17, 15) is 19.5 Å². The van der Waals surface area contributed by atoms with Crippen molar-refractivity contribution in [1.29, 1.82) is 0 Å². The summed E-state index contributed by atoms with van der Waals surface area (Å²) in [4.78, 5) is 39.1. The summed E-state index contributed by atoms with van der Waals surface area (Å²) in [6.45, 7) is 5.30. The summed E-state index contributed by atoms with van der Waals surface area (Å²) in [6.07, 6.45) is 25.8. The number of piperidine rings is 1. The SMILES string of the molecule is CCCCC/C=C/C/C=C/CCCCCCCC(=O)OC1CCN(c2c(F)cc3c(=O)c(C(=O)O)cn4c3c2CCC4C)CC1. The predicted octanol–water partition coefficient (Wildman–Crippen LogP) is 8.67. The Balaban J connectivity index is 1.17. The van der Waals surface area contributed by atoms with Gasteiger partial charge in [-0.15, -0.1) is 0 Å². The van der Waals surface area contributed by atoms with Crippen LogP contribution in [0.1, 0.15) is 132 Å². The molecule has 0 radical (unpaired) electrons. The average molecular weight is 623 g/mol. The van der Waals surface area contributed by atoms with Crippen molar-refractivity contribution in [2.45, 2.75) is 129 Å². The number of aromatic nitrogens is 1. The number of benzene rings is 1. The molecule has 0 saturated carbocycles. The van der Waals surface area contributed by atoms with Gasteiger partial charge in [-0.3, -0.25) is 9.59 Å². The zero-order valence-electron chi connectivity index (χ0n) is 27.2. The first-order valence-corrected chi connectivity index (χ1v) is 17.2. The second-order valence-corrected chi connectivity index (χ2v) is 12.7. The smallest absolute Gasteiger partial charge is 0.341 e. The van der Waals surface area contributed by atoms with Crippen molar-refractivity contribution in [3.8, 4) is 0 Å². The molecule has 8 heteroatoms. The summed E-state index contributed by atoms with van der Waals surface area (Å²) in [5, 5.41) is 9.65. The van der Waals surface area contributed by atoms with Gasteiger partial charge in [0.05, 0.1) is 11.2 Å². The van der Waals surface area contributed by atoms with E-state index in [2.05, 4.69) is 31.2 Å². The number of aromatic carboxylic acids is 1. The molecule has 1 aromatic heterocycles. The summed E-state index contributed by atoms with van der Waals surface area (Å²) in [6, 6.07) is 1.21. The van der Waals surface area contributed by atoms with Gasteiger partial charge in [-0.2, -0.15) is 0 Å². The zero-order chi connectivity index (χ0) is 32.2. The van der Waals surface area contributed by atoms with E-state index in [-0.39, 0.29) is 29.1 Å². The minimum Gasteiger partial charge on any atom is -0.477 e. The van der Waals surface area contributed by atoms with Crippen molar-refractivity contribution >= 4 is 28.5 Å². The number of anilines is 1. The quantitative estimate of drug-likeness (QED) is 0.108. The van der Waals surface area contributed by atoms with E-state index in [0.717, 1.165) is 44.1 Å². The summed E-state index contributed by atoms with van der Waals surface area (Å²) in [5.74, 6) is -1.96. The summed E-state index contributed by atoms with van der Waals surface area (Å²) < 4.78 is 23.2. The van der Waals surface area contributed by atoms with Gasteiger partial charge in [-0.05, 0) is 64.4 Å². The highest BCUT2D eigenvalue weighted by Gasteiger charge is 2.31. The minimum absolute atomic E-state index is 0.00159. The Bertz CT molecular complexity index is 1420. The van der Waals surface area contributed by atoms with Crippen molar-refractivity contribution in [3.05, 3.63) is 63.7 Å². The highest BCUT2D eigenvalue weighted by atomic mass is 19.1. The third-order valence-corrected chi connectivity index (χ3v) is 9.24. The molecule has 246 valence electrons. The number of halogens is 1. The Morgan fingerprint density at radius 2 is 1.64 bits per heavy atom. The van der Waals surface area contributed by atoms with Gasteiger partial charge >= 0.3 is 11.9 Å². The van der Waals surface area contributed by atoms with Crippen LogP contribution in [-0.2, 0) is 16.0 Å². The van der Waals surface area contributed by atoms with Crippen LogP contribution in [0.5, 0.6) is 0 Å². The van der Waals surface area contributed by atoms with Gasteiger partial charge in [0.2, 0.25) is 5.43 Å². The number of pyridine rings is 1. The van der Waals surface area contributed by atoms with E-state index in [1.165, 1.54) is 50.8 Å². The first-order valence-electron chi connectivity index (χ1n) is 17.2. The molecule has 4 rings (SSSR count). The maximum absolute atomic E-state index is 15.6. The van der Waals surface area contributed by atoms with Crippen molar-refractivity contribution in [2.75, 3.05) is 18.0 Å². The molecular weight excluding hydrogens is 571 g/mol. The lowest BCUT2D eigenvalue weighted by molar-refractivity contribution is -0.150. The van der Waals surface area contributed by atoms with Gasteiger partial charge in [0.1, 0.15) is 17.5 Å². The van der Waals surface area contributed by atoms with Crippen LogP contribution in [0.25, 0.3) is 10.9 Å². The number of unbranched alkanes of at least 4 members (excludes halogenated alkanes) is 8. The van der Waals surface area contributed by atoms with Crippen LogP contribution in [-0.4, -0.2) is 40.8 Å². The van der Waals surface area contributed by atoms with Crippen LogP contribution in [0.4, 0.5) is 10.1 Å². The van der Waals surface area contributed by atoms with Crippen molar-refractivity contribution in [2.24, 2.45) is 0 Å². The fourth-order valence-corrected chi connectivity index (χ4v) is 6.65. The lowest BCUT2D eigenvalue weighted by Crippen LogP contribution is -2.39. The number of carboxylic acids is 1. The van der Waals surface area contributed by atoms with Gasteiger partial charge in [-0.1, -0.05) is 63.3 Å². The maximum atomic E-state index is 15.6. The highest BCUT2D eigenvalue weighted by molar-refractivity contribution is 5.95. The number of carboxylic acid groups (broad SMARTS) is 1. The van der Waals surface area contributed by atoms with E-state index in [0.29, 0.717) is 50.0 Å². The minimum atomic E-state index is -1.30. The Labute approximate surface area is 267 Å². The Morgan fingerprint density at radius 3 is 2.33 bits per heavy atom. The molecule has 0 bridgehead atoms. The van der Waals surface area contributed by atoms with Crippen molar-refractivity contribution in [3.63, 3.8) is 0 Å². The van der Waals surface area contributed by atoms with Crippen molar-refractivity contribution < 1.29 is 23.8 Å². The number of carbonyl (C=O) groups excluding carboxylic acids is 1. The van der Waals surface area contributed by atoms with Gasteiger partial charge in [0, 0.05) is 55.5 Å². The second-order valence-electron chi connectivity index (χ2n) is 12.7. The number of esters is 1. The topological polar surface area (TPSA) is 88.8 Å². The van der Waals surface area contributed by atoms with E-state index in [1.54, 1.807) is 0 Å². The Morgan fingerprint density at radius 1 is 0.978 bits per heavy atom. The molecule has 2 aromatic rings. The first-order chi connectivity index (χ1) is 21.8. The highest BCUT2D eigenvalue weighted by Crippen LogP contribution is 2.39. The van der Waals surface area contributed by atoms with E-state index in [1.807, 2.05) is 16.4 Å². The maximum Gasteiger partial charge on any atom is 0.341 e. The number of nitrogens with zero attached hydrogens (tertiary/aromatic N) is 2. The third kappa shape index (κ3) is 9.30. The number of carbonyl (C=O) groups is 2. The van der Waals surface area contributed by atoms with Crippen LogP contribution in [0.15, 0.2) is 41.4 Å². The summed E-state index contributed by atoms with van der Waals surface area (Å²) in [7, 11) is 0. The fourth-order valence-electron chi connectivity index (χ4n) is 6.65. The lowest BCUT2D eigenvalue weighted by atomic mass is 9.93. The second kappa shape index (κ2) is 17.3. The van der Waals surface area contributed by atoms with Crippen LogP contribution in [0.3, 0.4) is 0 Å².